The first-order chi connectivity index (χ1) is 33.7. The molecule has 3 aromatic rings. The van der Waals surface area contributed by atoms with Gasteiger partial charge in [0, 0.05) is 11.9 Å². The molecule has 0 unspecified atom stereocenters. The number of β-lactam (4-membered cyclic amide) rings is 1. The number of alkyl halides is 3. The Morgan fingerprint density at radius 1 is 0.973 bits per heavy atom. The largest absolute Gasteiger partial charge is 0.542 e. The summed E-state index contributed by atoms with van der Waals surface area (Å²) in [6, 6.07) is 4.27. The monoisotopic (exact) mass is 1090 g/mol. The number of thiazole rings is 1. The number of carbonyl (C=O) groups excluding carboxylic acids is 6. The SMILES string of the molecule is C[n+]1cc(-c2ccc3c(c2)CC[C@H]([C@](C)(O/N=C(\C(=O)N[C@@H]2C(=O)N(OS(=O)(=O)O)C2(C)C)c2csc(NC(=O)OC(C)(C)C)n2)C(=O)OC(C)(C)C)O3)cn1CCCNC(=O)OC(C)(C)C.O=C([O-])C(F)(F)F. The molecule has 0 aliphatic carbocycles. The number of anilines is 1. The Hall–Kier alpha value is -6.59. The number of aryl methyl sites for hydroxylation is 3. The maximum Gasteiger partial charge on any atom is 0.430 e. The van der Waals surface area contributed by atoms with Crippen LogP contribution in [-0.2, 0) is 72.9 Å². The summed E-state index contributed by atoms with van der Waals surface area (Å²) in [6.07, 6.45) is -2.20. The summed E-state index contributed by atoms with van der Waals surface area (Å²) < 4.78 is 95.0. The van der Waals surface area contributed by atoms with E-state index < -0.39 is 98.3 Å². The Morgan fingerprint density at radius 2 is 1.57 bits per heavy atom. The van der Waals surface area contributed by atoms with Crippen molar-refractivity contribution in [2.24, 2.45) is 12.2 Å². The van der Waals surface area contributed by atoms with E-state index in [1.807, 2.05) is 40.9 Å². The van der Waals surface area contributed by atoms with E-state index >= 15 is 0 Å². The van der Waals surface area contributed by atoms with Crippen molar-refractivity contribution in [1.82, 2.24) is 25.4 Å². The van der Waals surface area contributed by atoms with E-state index in [9.17, 15) is 50.1 Å². The molecule has 0 bridgehead atoms. The van der Waals surface area contributed by atoms with Gasteiger partial charge in [-0.2, -0.15) is 31.3 Å². The van der Waals surface area contributed by atoms with Gasteiger partial charge in [0.1, 0.15) is 40.3 Å². The third-order valence-electron chi connectivity index (χ3n) is 10.3. The predicted octanol–water partition coefficient (Wildman–Crippen LogP) is 4.05. The summed E-state index contributed by atoms with van der Waals surface area (Å²) in [5.74, 6) is -5.48. The van der Waals surface area contributed by atoms with Crippen LogP contribution < -0.4 is 30.5 Å². The molecule has 0 radical (unpaired) electrons. The second-order valence-electron chi connectivity index (χ2n) is 20.5. The topological polar surface area (TPSA) is 309 Å². The number of aliphatic carboxylic acids is 1. The van der Waals surface area contributed by atoms with Gasteiger partial charge in [-0.15, -0.1) is 20.3 Å². The third-order valence-corrected chi connectivity index (χ3v) is 11.4. The second-order valence-corrected chi connectivity index (χ2v) is 22.3. The van der Waals surface area contributed by atoms with Crippen LogP contribution in [0, 0.1) is 0 Å². The molecule has 5 rings (SSSR count). The Kier molecular flexibility index (Phi) is 18.2. The molecule has 2 aliphatic rings. The molecular weight excluding hydrogens is 1030 g/mol. The maximum absolute atomic E-state index is 14.2. The van der Waals surface area contributed by atoms with Crippen LogP contribution in [0.15, 0.2) is 41.1 Å². The zero-order chi connectivity index (χ0) is 56.2. The second kappa shape index (κ2) is 22.5. The molecule has 0 spiro atoms. The van der Waals surface area contributed by atoms with E-state index in [1.54, 1.807) is 68.4 Å². The molecule has 3 atom stereocenters. The summed E-state index contributed by atoms with van der Waals surface area (Å²) in [5.41, 5.74) is -3.95. The number of hydrogen-bond donors (Lipinski definition) is 4. The number of amides is 4. The van der Waals surface area contributed by atoms with Gasteiger partial charge in [0.15, 0.2) is 24.0 Å². The number of halogens is 3. The van der Waals surface area contributed by atoms with Gasteiger partial charge in [-0.25, -0.2) is 19.4 Å². The molecule has 74 heavy (non-hydrogen) atoms. The number of hydrogen-bond acceptors (Lipinski definition) is 18. The summed E-state index contributed by atoms with van der Waals surface area (Å²) in [4.78, 5) is 85.2. The Morgan fingerprint density at radius 3 is 2.12 bits per heavy atom. The van der Waals surface area contributed by atoms with Gasteiger partial charge in [-0.1, -0.05) is 11.2 Å². The Bertz CT molecular complexity index is 2740. The normalized spacial score (nSPS) is 17.7. The minimum Gasteiger partial charge on any atom is -0.542 e. The van der Waals surface area contributed by atoms with E-state index in [2.05, 4.69) is 30.4 Å². The maximum atomic E-state index is 14.2. The van der Waals surface area contributed by atoms with Crippen molar-refractivity contribution in [3.05, 3.63) is 47.2 Å². The summed E-state index contributed by atoms with van der Waals surface area (Å²) in [5, 5.41) is 22.5. The highest BCUT2D eigenvalue weighted by molar-refractivity contribution is 7.80. The number of esters is 1. The number of rotatable bonds is 15. The number of benzene rings is 1. The Labute approximate surface area is 428 Å². The molecule has 29 heteroatoms. The summed E-state index contributed by atoms with van der Waals surface area (Å²) in [7, 11) is -3.17. The molecule has 4 N–H and O–H groups in total. The molecule has 1 saturated heterocycles. The van der Waals surface area contributed by atoms with Crippen molar-refractivity contribution >= 4 is 68.5 Å². The van der Waals surface area contributed by atoms with E-state index in [4.69, 9.17) is 33.7 Å². The molecule has 4 heterocycles. The van der Waals surface area contributed by atoms with Crippen LogP contribution in [0.5, 0.6) is 5.75 Å². The van der Waals surface area contributed by atoms with E-state index in [0.29, 0.717) is 36.7 Å². The first-order valence-corrected chi connectivity index (χ1v) is 24.8. The van der Waals surface area contributed by atoms with Crippen LogP contribution >= 0.6 is 11.3 Å². The van der Waals surface area contributed by atoms with Crippen molar-refractivity contribution in [2.75, 3.05) is 11.9 Å². The number of hydroxylamine groups is 2. The molecule has 1 fully saturated rings. The highest BCUT2D eigenvalue weighted by atomic mass is 32.3. The van der Waals surface area contributed by atoms with Gasteiger partial charge in [-0.05, 0) is 126 Å². The van der Waals surface area contributed by atoms with Gasteiger partial charge in [-0.3, -0.25) is 19.5 Å². The van der Waals surface area contributed by atoms with Crippen molar-refractivity contribution in [3.63, 3.8) is 0 Å². The van der Waals surface area contributed by atoms with Crippen LogP contribution in [0.1, 0.15) is 107 Å². The fourth-order valence-electron chi connectivity index (χ4n) is 6.84. The number of nitrogens with one attached hydrogen (secondary N) is 3. The quantitative estimate of drug-likeness (QED) is 0.0244. The number of aromatic nitrogens is 3. The van der Waals surface area contributed by atoms with Crippen molar-refractivity contribution < 1.29 is 92.8 Å². The van der Waals surface area contributed by atoms with Gasteiger partial charge in [0.2, 0.25) is 6.20 Å². The number of nitrogens with zero attached hydrogens (tertiary/aromatic N) is 5. The lowest BCUT2D eigenvalue weighted by Crippen LogP contribution is -2.76. The Balaban J connectivity index is 0.00000158. The minimum atomic E-state index is -5.19. The van der Waals surface area contributed by atoms with Crippen LogP contribution in [0.4, 0.5) is 27.9 Å². The van der Waals surface area contributed by atoms with Gasteiger partial charge in [0.25, 0.3) is 17.4 Å². The predicted molar refractivity (Wildman–Crippen MR) is 253 cm³/mol. The van der Waals surface area contributed by atoms with Crippen molar-refractivity contribution in [2.45, 2.75) is 155 Å². The van der Waals surface area contributed by atoms with Gasteiger partial charge >= 0.3 is 34.7 Å². The van der Waals surface area contributed by atoms with Crippen molar-refractivity contribution in [3.8, 4) is 16.9 Å². The van der Waals surface area contributed by atoms with Crippen LogP contribution in [-0.4, -0.2) is 122 Å². The number of carbonyl (C=O) groups is 6. The molecule has 24 nitrogen and oxygen atoms in total. The number of oxime groups is 1. The smallest absolute Gasteiger partial charge is 0.430 e. The molecule has 1 aromatic carbocycles. The summed E-state index contributed by atoms with van der Waals surface area (Å²) >= 11 is 0.905. The highest BCUT2D eigenvalue weighted by Crippen LogP contribution is 2.38. The first kappa shape index (κ1) is 60.0. The first-order valence-electron chi connectivity index (χ1n) is 22.6. The number of ether oxygens (including phenoxy) is 4. The van der Waals surface area contributed by atoms with Crippen molar-refractivity contribution in [1.29, 1.82) is 0 Å². The molecule has 2 aromatic heterocycles. The molecule has 2 aliphatic heterocycles. The molecular formula is C45H61F3N8O16S2. The number of fused-ring (bicyclic) bond motifs is 1. The van der Waals surface area contributed by atoms with E-state index in [0.717, 1.165) is 28.0 Å². The van der Waals surface area contributed by atoms with E-state index in [1.165, 1.54) is 26.2 Å². The minimum absolute atomic E-state index is 0.00284. The average Bonchev–Trinajstić information content (AvgIpc) is 3.86. The van der Waals surface area contributed by atoms with Gasteiger partial charge in [0.05, 0.1) is 23.8 Å². The standard InChI is InChI=1S/C43H60N8O14S2.C2HF3O2/c1-39(2,3)61-35(54)43(12,30-18-16-26-21-25(15-17-29(26)60-30)27-22-49(13)50(23-27)20-14-19-44-37(55)62-40(4,5)6)64-48-31(28-24-66-36(45-28)47-38(56)63-41(7,8)9)33(52)46-32-34(53)51(42(32,10)11)65-67(57,58)59;3-2(4,5)1(6)7/h15,17,21-24,30,32H,14,16,18-20H2,1-13H3,(H3-,44,45,46,47,52,55,56,57,58,59);(H,6,7)/b48-31-;/t30-,32-,43+;/m1./s1. The van der Waals surface area contributed by atoms with Crippen LogP contribution in [0.25, 0.3) is 11.1 Å². The van der Waals surface area contributed by atoms with Gasteiger partial charge < -0.3 is 44.3 Å². The summed E-state index contributed by atoms with van der Waals surface area (Å²) in [6.45, 7) is 20.7. The number of carboxylic acid groups (broad SMARTS) is 1. The lowest BCUT2D eigenvalue weighted by molar-refractivity contribution is -0.753. The van der Waals surface area contributed by atoms with E-state index in [-0.39, 0.29) is 17.2 Å². The number of alkyl carbamates (subject to hydrolysis) is 1. The van der Waals surface area contributed by atoms with Crippen LogP contribution in [0.3, 0.4) is 0 Å². The fourth-order valence-corrected chi connectivity index (χ4v) is 7.97. The molecule has 4 amide bonds. The molecule has 0 saturated carbocycles. The highest BCUT2D eigenvalue weighted by Gasteiger charge is 2.58. The van der Waals surface area contributed by atoms with Crippen LogP contribution in [0.2, 0.25) is 0 Å². The zero-order valence-corrected chi connectivity index (χ0v) is 44.5. The lowest BCUT2D eigenvalue weighted by Gasteiger charge is -2.50. The lowest BCUT2D eigenvalue weighted by atomic mass is 9.84. The number of carboxylic acids is 1. The zero-order valence-electron chi connectivity index (χ0n) is 42.9. The fraction of sp³-hybridized carbons (Fsp3) is 0.578. The molecule has 410 valence electrons. The average molecular weight is 1090 g/mol. The third kappa shape index (κ3) is 16.7.